The monoisotopic (exact) mass is 336 g/mol. The number of nitrogens with zero attached hydrogens (tertiary/aromatic N) is 5. The number of carbonyl (C=O) groups is 2. The van der Waals surface area contributed by atoms with Gasteiger partial charge in [-0.1, -0.05) is 5.16 Å². The zero-order valence-corrected chi connectivity index (χ0v) is 13.1. The molecule has 128 valence electrons. The van der Waals surface area contributed by atoms with Crippen molar-refractivity contribution >= 4 is 23.5 Å². The number of hydrogen-bond donors (Lipinski definition) is 1. The molecule has 0 unspecified atom stereocenters. The van der Waals surface area contributed by atoms with Gasteiger partial charge in [-0.15, -0.1) is 0 Å². The molecule has 24 heavy (non-hydrogen) atoms. The van der Waals surface area contributed by atoms with Gasteiger partial charge >= 0.3 is 5.82 Å². The molecule has 2 rings (SSSR count). The van der Waals surface area contributed by atoms with E-state index in [4.69, 9.17) is 4.52 Å². The number of hydrogen-bond acceptors (Lipinski definition) is 7. The third-order valence-electron chi connectivity index (χ3n) is 3.09. The van der Waals surface area contributed by atoms with Crippen molar-refractivity contribution in [3.63, 3.8) is 0 Å². The lowest BCUT2D eigenvalue weighted by Gasteiger charge is -2.16. The van der Waals surface area contributed by atoms with Gasteiger partial charge in [0.2, 0.25) is 18.1 Å². The summed E-state index contributed by atoms with van der Waals surface area (Å²) in [5.41, 5.74) is 0. The van der Waals surface area contributed by atoms with E-state index < -0.39 is 10.8 Å². The summed E-state index contributed by atoms with van der Waals surface area (Å²) in [6.45, 7) is 1.78. The average molecular weight is 336 g/mol. The first-order chi connectivity index (χ1) is 11.3. The fourth-order valence-corrected chi connectivity index (χ4v) is 1.89. The molecule has 0 radical (unpaired) electrons. The molecule has 1 N–H and O–H groups in total. The van der Waals surface area contributed by atoms with Crippen LogP contribution in [0.1, 0.15) is 12.2 Å². The van der Waals surface area contributed by atoms with E-state index in [9.17, 15) is 19.7 Å². The van der Waals surface area contributed by atoms with E-state index in [1.54, 1.807) is 13.0 Å². The molecule has 0 aromatic carbocycles. The van der Waals surface area contributed by atoms with Crippen molar-refractivity contribution in [2.45, 2.75) is 19.9 Å². The lowest BCUT2D eigenvalue weighted by Crippen LogP contribution is -2.35. The maximum absolute atomic E-state index is 12.0. The highest BCUT2D eigenvalue weighted by molar-refractivity contribution is 5.93. The van der Waals surface area contributed by atoms with Gasteiger partial charge in [0.1, 0.15) is 12.0 Å². The molecule has 0 atom stereocenters. The number of rotatable bonds is 7. The minimum absolute atomic E-state index is 0.0837. The van der Waals surface area contributed by atoms with Crippen LogP contribution in [0.5, 0.6) is 0 Å². The molecule has 0 bridgehead atoms. The number of amides is 2. The summed E-state index contributed by atoms with van der Waals surface area (Å²) in [6, 6.07) is 1.56. The summed E-state index contributed by atoms with van der Waals surface area (Å²) in [7, 11) is 1.49. The van der Waals surface area contributed by atoms with Crippen molar-refractivity contribution < 1.29 is 19.0 Å². The summed E-state index contributed by atoms with van der Waals surface area (Å²) < 4.78 is 6.27. The van der Waals surface area contributed by atoms with Gasteiger partial charge in [0.15, 0.2) is 5.82 Å². The third-order valence-corrected chi connectivity index (χ3v) is 3.09. The Labute approximate surface area is 136 Å². The number of likely N-dealkylation sites (N-methyl/N-ethyl adjacent to an activating group) is 1. The largest absolute Gasteiger partial charge is 0.381 e. The van der Waals surface area contributed by atoms with Crippen LogP contribution in [0.3, 0.4) is 0 Å². The van der Waals surface area contributed by atoms with Gasteiger partial charge in [-0.3, -0.25) is 9.59 Å². The smallest absolute Gasteiger partial charge is 0.360 e. The molecule has 2 aromatic heterocycles. The van der Waals surface area contributed by atoms with Crippen LogP contribution >= 0.6 is 0 Å². The molecular weight excluding hydrogens is 320 g/mol. The van der Waals surface area contributed by atoms with E-state index in [-0.39, 0.29) is 37.1 Å². The van der Waals surface area contributed by atoms with E-state index in [1.807, 2.05) is 0 Å². The Bertz CT molecular complexity index is 752. The van der Waals surface area contributed by atoms with Gasteiger partial charge in [-0.05, 0) is 16.8 Å². The van der Waals surface area contributed by atoms with Crippen molar-refractivity contribution in [1.29, 1.82) is 0 Å². The molecule has 2 aromatic rings. The number of anilines is 1. The second-order valence-corrected chi connectivity index (χ2v) is 5.10. The van der Waals surface area contributed by atoms with E-state index >= 15 is 0 Å². The number of aryl methyl sites for hydroxylation is 2. The van der Waals surface area contributed by atoms with Gasteiger partial charge in [-0.2, -0.15) is 0 Å². The lowest BCUT2D eigenvalue weighted by molar-refractivity contribution is -0.389. The number of imidazole rings is 1. The zero-order valence-electron chi connectivity index (χ0n) is 13.1. The second-order valence-electron chi connectivity index (χ2n) is 5.10. The van der Waals surface area contributed by atoms with Gasteiger partial charge in [-0.25, -0.2) is 0 Å². The Kier molecular flexibility index (Phi) is 5.24. The third kappa shape index (κ3) is 4.63. The van der Waals surface area contributed by atoms with Crippen molar-refractivity contribution in [2.24, 2.45) is 0 Å². The predicted molar refractivity (Wildman–Crippen MR) is 81.0 cm³/mol. The molecule has 11 heteroatoms. The molecule has 0 saturated heterocycles. The first-order valence-electron chi connectivity index (χ1n) is 6.98. The van der Waals surface area contributed by atoms with E-state index in [2.05, 4.69) is 15.5 Å². The van der Waals surface area contributed by atoms with E-state index in [0.29, 0.717) is 5.76 Å². The van der Waals surface area contributed by atoms with Gasteiger partial charge in [0.25, 0.3) is 0 Å². The highest BCUT2D eigenvalue weighted by Gasteiger charge is 2.15. The summed E-state index contributed by atoms with van der Waals surface area (Å²) in [6.07, 6.45) is 2.61. The number of nitro groups is 1. The van der Waals surface area contributed by atoms with Crippen LogP contribution in [0.25, 0.3) is 0 Å². The Hall–Kier alpha value is -3.24. The van der Waals surface area contributed by atoms with Crippen molar-refractivity contribution in [3.05, 3.63) is 34.5 Å². The molecule has 0 aliphatic heterocycles. The average Bonchev–Trinajstić information content (AvgIpc) is 3.13. The van der Waals surface area contributed by atoms with Gasteiger partial charge in [0.05, 0.1) is 6.54 Å². The summed E-state index contributed by atoms with van der Waals surface area (Å²) in [4.78, 5) is 38.6. The Morgan fingerprint density at radius 2 is 2.25 bits per heavy atom. The van der Waals surface area contributed by atoms with Crippen LogP contribution in [0.15, 0.2) is 23.1 Å². The zero-order chi connectivity index (χ0) is 17.7. The van der Waals surface area contributed by atoms with Crippen LogP contribution < -0.4 is 5.32 Å². The maximum Gasteiger partial charge on any atom is 0.381 e. The van der Waals surface area contributed by atoms with E-state index in [1.165, 1.54) is 29.0 Å². The molecular formula is C13H16N6O5. The summed E-state index contributed by atoms with van der Waals surface area (Å²) in [5, 5.41) is 16.7. The van der Waals surface area contributed by atoms with Gasteiger partial charge in [0, 0.05) is 26.1 Å². The first kappa shape index (κ1) is 17.1. The maximum atomic E-state index is 12.0. The fourth-order valence-electron chi connectivity index (χ4n) is 1.89. The molecule has 2 amide bonds. The molecule has 11 nitrogen and oxygen atoms in total. The van der Waals surface area contributed by atoms with E-state index in [0.717, 1.165) is 0 Å². The summed E-state index contributed by atoms with van der Waals surface area (Å²) >= 11 is 0. The first-order valence-corrected chi connectivity index (χ1v) is 6.98. The highest BCUT2D eigenvalue weighted by Crippen LogP contribution is 2.08. The van der Waals surface area contributed by atoms with Crippen LogP contribution in [-0.2, 0) is 16.1 Å². The summed E-state index contributed by atoms with van der Waals surface area (Å²) in [5.74, 6) is -0.124. The number of aromatic nitrogens is 3. The van der Waals surface area contributed by atoms with Crippen LogP contribution in [0, 0.1) is 17.0 Å². The SMILES string of the molecule is Cc1cc(NC(=O)CN(C)C(=O)CCn2cnc([N+](=O)[O-])c2)no1. The second kappa shape index (κ2) is 7.35. The van der Waals surface area contributed by atoms with Crippen molar-refractivity contribution in [3.8, 4) is 0 Å². The quantitative estimate of drug-likeness (QED) is 0.576. The molecule has 0 spiro atoms. The Balaban J connectivity index is 1.78. The molecule has 0 aliphatic rings. The van der Waals surface area contributed by atoms with Crippen LogP contribution in [-0.4, -0.2) is 49.9 Å². The predicted octanol–water partition coefficient (Wildman–Crippen LogP) is 0.575. The van der Waals surface area contributed by atoms with Gasteiger partial charge < -0.3 is 29.4 Å². The Morgan fingerprint density at radius 3 is 2.83 bits per heavy atom. The van der Waals surface area contributed by atoms with Crippen molar-refractivity contribution in [2.75, 3.05) is 18.9 Å². The normalized spacial score (nSPS) is 10.4. The fraction of sp³-hybridized carbons (Fsp3) is 0.385. The minimum Gasteiger partial charge on any atom is -0.360 e. The Morgan fingerprint density at radius 1 is 1.50 bits per heavy atom. The highest BCUT2D eigenvalue weighted by atomic mass is 16.6. The molecule has 0 aliphatic carbocycles. The van der Waals surface area contributed by atoms with Crippen LogP contribution in [0.2, 0.25) is 0 Å². The molecule has 0 fully saturated rings. The van der Waals surface area contributed by atoms with Crippen molar-refractivity contribution in [1.82, 2.24) is 19.6 Å². The lowest BCUT2D eigenvalue weighted by atomic mass is 10.3. The number of nitrogens with one attached hydrogen (secondary N) is 1. The number of carbonyl (C=O) groups excluding carboxylic acids is 2. The minimum atomic E-state index is -0.611. The molecule has 0 saturated carbocycles. The standard InChI is InChI=1S/C13H16N6O5/c1-9-5-10(16-24-9)15-12(20)7-17(2)13(21)3-4-18-6-11(14-8-18)19(22)23/h5-6,8H,3-4,7H2,1-2H3,(H,15,16,20). The topological polar surface area (TPSA) is 136 Å². The van der Waals surface area contributed by atoms with Crippen LogP contribution in [0.4, 0.5) is 11.6 Å². The molecule has 2 heterocycles.